The van der Waals surface area contributed by atoms with E-state index < -0.39 is 58.9 Å². The first-order valence-electron chi connectivity index (χ1n) is 11.5. The van der Waals surface area contributed by atoms with Crippen molar-refractivity contribution in [1.82, 2.24) is 25.1 Å². The van der Waals surface area contributed by atoms with Crippen LogP contribution >= 0.6 is 0 Å². The lowest BCUT2D eigenvalue weighted by Crippen LogP contribution is -2.37. The van der Waals surface area contributed by atoms with Gasteiger partial charge in [-0.1, -0.05) is 12.1 Å². The maximum atomic E-state index is 13.3. The number of alkyl halides is 6. The number of hydrogen-bond donors (Lipinski definition) is 2. The second-order valence-corrected chi connectivity index (χ2v) is 10.4. The van der Waals surface area contributed by atoms with Gasteiger partial charge in [0.2, 0.25) is 0 Å². The molecule has 0 fully saturated rings. The summed E-state index contributed by atoms with van der Waals surface area (Å²) in [7, 11) is -1.16. The minimum absolute atomic E-state index is 0.0110. The summed E-state index contributed by atoms with van der Waals surface area (Å²) in [5.74, 6) is -1.33. The smallest absolute Gasteiger partial charge is 0.349 e. The molecule has 2 N–H and O–H groups in total. The maximum Gasteiger partial charge on any atom is 0.435 e. The van der Waals surface area contributed by atoms with Gasteiger partial charge in [0, 0.05) is 34.9 Å². The Balaban J connectivity index is 1.84. The van der Waals surface area contributed by atoms with Crippen molar-refractivity contribution in [3.63, 3.8) is 0 Å². The second kappa shape index (κ2) is 11.7. The topological polar surface area (TPSA) is 119 Å². The van der Waals surface area contributed by atoms with Crippen LogP contribution in [-0.4, -0.2) is 53.8 Å². The summed E-state index contributed by atoms with van der Waals surface area (Å²) in [6.07, 6.45) is -7.61. The molecule has 2 aromatic heterocycles. The number of nitrogens with zero attached hydrogens (tertiary/aromatic N) is 4. The Morgan fingerprint density at radius 1 is 1.07 bits per heavy atom. The summed E-state index contributed by atoms with van der Waals surface area (Å²) in [4.78, 5) is 33.9. The molecule has 1 aromatic carbocycles. The summed E-state index contributed by atoms with van der Waals surface area (Å²) in [6, 6.07) is 4.08. The largest absolute Gasteiger partial charge is 0.435 e. The number of anilines is 1. The van der Waals surface area contributed by atoms with Gasteiger partial charge in [0.1, 0.15) is 18.1 Å². The number of rotatable bonds is 8. The molecule has 40 heavy (non-hydrogen) atoms. The van der Waals surface area contributed by atoms with E-state index in [4.69, 9.17) is 0 Å². The molecule has 0 aliphatic heterocycles. The fourth-order valence-electron chi connectivity index (χ4n) is 3.79. The van der Waals surface area contributed by atoms with Crippen molar-refractivity contribution in [2.45, 2.75) is 45.7 Å². The standard InChI is InChI=1S/C24H24F6N6O3S/c1-12-6-5-7-15(20(12)22(38)32-13(2)11-40(4)39)21(37)34-16-9-31-19(33-14(16)3)10-36-18(24(28,29)30)8-17(35-36)23(25,26)27/h5-9,13H,10-11H2,1-4H3,(H,32,38)(H,34,37)/t13-,40?/m0/s1. The van der Waals surface area contributed by atoms with Crippen LogP contribution in [0.4, 0.5) is 32.0 Å². The Hall–Kier alpha value is -3.82. The molecule has 2 atom stereocenters. The lowest BCUT2D eigenvalue weighted by atomic mass is 10.00. The molecule has 1 unspecified atom stereocenters. The van der Waals surface area contributed by atoms with E-state index in [-0.39, 0.29) is 44.8 Å². The molecule has 0 radical (unpaired) electrons. The van der Waals surface area contributed by atoms with Crippen LogP contribution < -0.4 is 10.6 Å². The molecule has 3 aromatic rings. The minimum Gasteiger partial charge on any atom is -0.349 e. The van der Waals surface area contributed by atoms with Crippen LogP contribution in [0, 0.1) is 13.8 Å². The molecule has 0 spiro atoms. The zero-order valence-electron chi connectivity index (χ0n) is 21.6. The number of aryl methyl sites for hydroxylation is 2. The van der Waals surface area contributed by atoms with Gasteiger partial charge in [0.25, 0.3) is 11.8 Å². The van der Waals surface area contributed by atoms with E-state index in [9.17, 15) is 40.1 Å². The highest BCUT2D eigenvalue weighted by Crippen LogP contribution is 2.35. The highest BCUT2D eigenvalue weighted by molar-refractivity contribution is 7.84. The molecule has 2 amide bonds. The highest BCUT2D eigenvalue weighted by Gasteiger charge is 2.42. The van der Waals surface area contributed by atoms with Crippen LogP contribution in [0.5, 0.6) is 0 Å². The first-order chi connectivity index (χ1) is 18.5. The maximum absolute atomic E-state index is 13.3. The van der Waals surface area contributed by atoms with Crippen LogP contribution in [0.25, 0.3) is 0 Å². The molecular weight excluding hydrogens is 566 g/mol. The number of hydrogen-bond acceptors (Lipinski definition) is 6. The number of carbonyl (C=O) groups excluding carboxylic acids is 2. The van der Waals surface area contributed by atoms with Crippen molar-refractivity contribution in [3.05, 3.63) is 70.1 Å². The third kappa shape index (κ3) is 7.43. The molecule has 0 aliphatic carbocycles. The fraction of sp³-hybridized carbons (Fsp3) is 0.375. The lowest BCUT2D eigenvalue weighted by molar-refractivity contribution is -0.144. The highest BCUT2D eigenvalue weighted by atomic mass is 32.2. The summed E-state index contributed by atoms with van der Waals surface area (Å²) in [5.41, 5.74) is -2.58. The average Bonchev–Trinajstić information content (AvgIpc) is 3.25. The summed E-state index contributed by atoms with van der Waals surface area (Å²) in [5, 5.41) is 8.26. The molecule has 0 saturated heterocycles. The fourth-order valence-corrected chi connectivity index (χ4v) is 4.58. The molecule has 0 bridgehead atoms. The van der Waals surface area contributed by atoms with Gasteiger partial charge in [-0.25, -0.2) is 9.97 Å². The van der Waals surface area contributed by atoms with Crippen molar-refractivity contribution < 1.29 is 40.1 Å². The normalized spacial score (nSPS) is 13.6. The van der Waals surface area contributed by atoms with Gasteiger partial charge in [0.05, 0.1) is 28.7 Å². The van der Waals surface area contributed by atoms with Crippen molar-refractivity contribution in [2.75, 3.05) is 17.3 Å². The Morgan fingerprint density at radius 2 is 1.75 bits per heavy atom. The van der Waals surface area contributed by atoms with E-state index in [1.54, 1.807) is 26.0 Å². The van der Waals surface area contributed by atoms with E-state index in [0.717, 1.165) is 6.20 Å². The number of aromatic nitrogens is 4. The van der Waals surface area contributed by atoms with Gasteiger partial charge in [0.15, 0.2) is 5.69 Å². The monoisotopic (exact) mass is 590 g/mol. The number of halogens is 6. The van der Waals surface area contributed by atoms with Crippen LogP contribution in [0.1, 0.15) is 56.1 Å². The van der Waals surface area contributed by atoms with Gasteiger partial charge in [-0.3, -0.25) is 18.5 Å². The Labute approximate surface area is 226 Å². The summed E-state index contributed by atoms with van der Waals surface area (Å²) < 4.78 is 90.3. The predicted octanol–water partition coefficient (Wildman–Crippen LogP) is 4.12. The van der Waals surface area contributed by atoms with Crippen molar-refractivity contribution in [1.29, 1.82) is 0 Å². The molecule has 16 heteroatoms. The first kappa shape index (κ1) is 30.7. The molecule has 9 nitrogen and oxygen atoms in total. The van der Waals surface area contributed by atoms with E-state index >= 15 is 0 Å². The van der Waals surface area contributed by atoms with Gasteiger partial charge >= 0.3 is 12.4 Å². The molecular formula is C24H24F6N6O3S. The zero-order chi connectivity index (χ0) is 30.0. The van der Waals surface area contributed by atoms with E-state index in [2.05, 4.69) is 25.7 Å². The first-order valence-corrected chi connectivity index (χ1v) is 13.3. The zero-order valence-corrected chi connectivity index (χ0v) is 22.4. The molecule has 0 saturated carbocycles. The number of amides is 2. The van der Waals surface area contributed by atoms with E-state index in [1.807, 2.05) is 0 Å². The average molecular weight is 591 g/mol. The lowest BCUT2D eigenvalue weighted by Gasteiger charge is -2.17. The van der Waals surface area contributed by atoms with Crippen LogP contribution in [-0.2, 0) is 29.7 Å². The Morgan fingerprint density at radius 3 is 2.33 bits per heavy atom. The van der Waals surface area contributed by atoms with Crippen LogP contribution in [0.15, 0.2) is 30.5 Å². The predicted molar refractivity (Wildman–Crippen MR) is 133 cm³/mol. The van der Waals surface area contributed by atoms with Gasteiger partial charge < -0.3 is 10.6 Å². The van der Waals surface area contributed by atoms with Crippen LogP contribution in [0.3, 0.4) is 0 Å². The van der Waals surface area contributed by atoms with Gasteiger partial charge in [-0.2, -0.15) is 31.4 Å². The summed E-state index contributed by atoms with van der Waals surface area (Å²) in [6.45, 7) is 3.89. The van der Waals surface area contributed by atoms with E-state index in [1.165, 1.54) is 19.2 Å². The van der Waals surface area contributed by atoms with Crippen molar-refractivity contribution in [2.24, 2.45) is 0 Å². The molecule has 0 aliphatic rings. The quantitative estimate of drug-likeness (QED) is 0.381. The number of carbonyl (C=O) groups is 2. The Kier molecular flexibility index (Phi) is 9.01. The van der Waals surface area contributed by atoms with Crippen molar-refractivity contribution >= 4 is 28.3 Å². The number of benzene rings is 1. The van der Waals surface area contributed by atoms with Crippen LogP contribution in [0.2, 0.25) is 0 Å². The van der Waals surface area contributed by atoms with Gasteiger partial charge in [-0.15, -0.1) is 0 Å². The van der Waals surface area contributed by atoms with Crippen molar-refractivity contribution in [3.8, 4) is 0 Å². The number of nitrogens with one attached hydrogen (secondary N) is 2. The molecule has 2 heterocycles. The molecule has 3 rings (SSSR count). The minimum atomic E-state index is -5.11. The second-order valence-electron chi connectivity index (χ2n) is 8.92. The third-order valence-electron chi connectivity index (χ3n) is 5.54. The van der Waals surface area contributed by atoms with E-state index in [0.29, 0.717) is 5.56 Å². The Bertz CT molecular complexity index is 1450. The SMILES string of the molecule is Cc1cccc(C(=O)Nc2cnc(Cn3nc(C(F)(F)F)cc3C(F)(F)F)nc2C)c1C(=O)N[C@@H](C)CS(C)=O. The summed E-state index contributed by atoms with van der Waals surface area (Å²) >= 11 is 0. The van der Waals surface area contributed by atoms with Gasteiger partial charge in [-0.05, 0) is 32.4 Å². The third-order valence-corrected chi connectivity index (χ3v) is 6.51. The molecule has 216 valence electrons.